The molecule has 5 rings (SSSR count). The van der Waals surface area contributed by atoms with E-state index in [1.807, 2.05) is 0 Å². The van der Waals surface area contributed by atoms with Gasteiger partial charge in [-0.15, -0.1) is 0 Å². The molecule has 0 amide bonds. The summed E-state index contributed by atoms with van der Waals surface area (Å²) in [5, 5.41) is 22.1. The summed E-state index contributed by atoms with van der Waals surface area (Å²) in [6.07, 6.45) is 7.89. The van der Waals surface area contributed by atoms with Gasteiger partial charge in [0.25, 0.3) is 0 Å². The summed E-state index contributed by atoms with van der Waals surface area (Å²) >= 11 is 0. The van der Waals surface area contributed by atoms with E-state index in [1.165, 1.54) is 11.1 Å². The fourth-order valence-electron chi connectivity index (χ4n) is 10.4. The zero-order chi connectivity index (χ0) is 24.4. The Kier molecular flexibility index (Phi) is 4.92. The molecule has 5 aliphatic carbocycles. The Bertz CT molecular complexity index is 914. The van der Waals surface area contributed by atoms with Crippen molar-refractivity contribution in [1.82, 2.24) is 0 Å². The van der Waals surface area contributed by atoms with Gasteiger partial charge in [0.05, 0.1) is 12.2 Å². The van der Waals surface area contributed by atoms with Crippen molar-refractivity contribution in [2.75, 3.05) is 0 Å². The third-order valence-electron chi connectivity index (χ3n) is 12.7. The van der Waals surface area contributed by atoms with Crippen LogP contribution in [0.5, 0.6) is 0 Å². The fourth-order valence-corrected chi connectivity index (χ4v) is 10.4. The van der Waals surface area contributed by atoms with Gasteiger partial charge >= 0.3 is 0 Å². The number of carbonyl (C=O) groups is 1. The summed E-state index contributed by atoms with van der Waals surface area (Å²) < 4.78 is 0. The number of rotatable bonds is 0. The first-order valence-electron chi connectivity index (χ1n) is 13.6. The maximum Gasteiger partial charge on any atom is 0.141 e. The lowest BCUT2D eigenvalue weighted by atomic mass is 9.33. The standard InChI is InChI=1S/C30H48O3/c1-25(2)16-19-18-15-20(31)24-28(6)11-10-22(32)26(3,4)21(28)9-12-30(24,8)29(18,7)14-13-27(19,5)23(33)17-25/h21-24,32-33H,9-17H2,1-8H3. The molecular formula is C30H48O3. The van der Waals surface area contributed by atoms with E-state index < -0.39 is 0 Å². The second kappa shape index (κ2) is 6.75. The first kappa shape index (κ1) is 24.0. The summed E-state index contributed by atoms with van der Waals surface area (Å²) in [6, 6.07) is 0. The van der Waals surface area contributed by atoms with Crippen LogP contribution in [-0.4, -0.2) is 28.2 Å². The molecule has 5 aliphatic rings. The highest BCUT2D eigenvalue weighted by Crippen LogP contribution is 2.74. The second-order valence-electron chi connectivity index (χ2n) is 15.2. The van der Waals surface area contributed by atoms with Gasteiger partial charge in [-0.05, 0) is 84.4 Å². The molecule has 0 spiro atoms. The van der Waals surface area contributed by atoms with Crippen molar-refractivity contribution in [3.63, 3.8) is 0 Å². The third kappa shape index (κ3) is 2.85. The minimum atomic E-state index is -0.317. The lowest BCUT2D eigenvalue weighted by molar-refractivity contribution is -0.204. The van der Waals surface area contributed by atoms with Gasteiger partial charge in [-0.2, -0.15) is 0 Å². The monoisotopic (exact) mass is 456 g/mol. The summed E-state index contributed by atoms with van der Waals surface area (Å²) in [4.78, 5) is 14.2. The zero-order valence-corrected chi connectivity index (χ0v) is 22.5. The van der Waals surface area contributed by atoms with E-state index in [0.29, 0.717) is 18.1 Å². The van der Waals surface area contributed by atoms with Gasteiger partial charge in [-0.25, -0.2) is 0 Å². The summed E-state index contributed by atoms with van der Waals surface area (Å²) in [5.74, 6) is 0.896. The van der Waals surface area contributed by atoms with Crippen LogP contribution in [0.15, 0.2) is 11.1 Å². The molecule has 4 saturated carbocycles. The molecule has 0 aromatic heterocycles. The smallest absolute Gasteiger partial charge is 0.141 e. The normalized spacial score (nSPS) is 53.0. The van der Waals surface area contributed by atoms with E-state index >= 15 is 0 Å². The van der Waals surface area contributed by atoms with E-state index in [0.717, 1.165) is 51.4 Å². The number of carbonyl (C=O) groups excluding carboxylic acids is 1. The third-order valence-corrected chi connectivity index (χ3v) is 12.7. The van der Waals surface area contributed by atoms with Crippen molar-refractivity contribution < 1.29 is 15.0 Å². The maximum atomic E-state index is 14.2. The van der Waals surface area contributed by atoms with E-state index in [2.05, 4.69) is 55.4 Å². The largest absolute Gasteiger partial charge is 0.393 e. The average Bonchev–Trinajstić information content (AvgIpc) is 2.68. The topological polar surface area (TPSA) is 57.5 Å². The van der Waals surface area contributed by atoms with Crippen LogP contribution in [0.2, 0.25) is 0 Å². The number of aliphatic hydroxyl groups excluding tert-OH is 2. The van der Waals surface area contributed by atoms with Crippen LogP contribution in [0.1, 0.15) is 113 Å². The van der Waals surface area contributed by atoms with Crippen molar-refractivity contribution >= 4 is 5.78 Å². The summed E-state index contributed by atoms with van der Waals surface area (Å²) in [6.45, 7) is 18.6. The van der Waals surface area contributed by atoms with Crippen LogP contribution in [0.4, 0.5) is 0 Å². The molecule has 0 heterocycles. The average molecular weight is 457 g/mol. The molecule has 3 heteroatoms. The number of aliphatic hydroxyl groups is 2. The highest BCUT2D eigenvalue weighted by atomic mass is 16.3. The predicted molar refractivity (Wildman–Crippen MR) is 133 cm³/mol. The quantitative estimate of drug-likeness (QED) is 0.411. The van der Waals surface area contributed by atoms with Crippen molar-refractivity contribution in [2.45, 2.75) is 125 Å². The van der Waals surface area contributed by atoms with E-state index in [-0.39, 0.29) is 50.6 Å². The molecule has 33 heavy (non-hydrogen) atoms. The Balaban J connectivity index is 1.65. The van der Waals surface area contributed by atoms with Gasteiger partial charge < -0.3 is 10.2 Å². The minimum Gasteiger partial charge on any atom is -0.393 e. The van der Waals surface area contributed by atoms with Crippen LogP contribution in [-0.2, 0) is 4.79 Å². The Morgan fingerprint density at radius 3 is 2.12 bits per heavy atom. The number of hydrogen-bond acceptors (Lipinski definition) is 3. The predicted octanol–water partition coefficient (Wildman–Crippen LogP) is 6.46. The van der Waals surface area contributed by atoms with Gasteiger partial charge in [0, 0.05) is 17.8 Å². The molecule has 8 unspecified atom stereocenters. The first-order valence-corrected chi connectivity index (χ1v) is 13.6. The van der Waals surface area contributed by atoms with E-state index in [4.69, 9.17) is 0 Å². The van der Waals surface area contributed by atoms with E-state index in [1.54, 1.807) is 0 Å². The molecule has 0 radical (unpaired) electrons. The SMILES string of the molecule is CC1(C)CC2=C3CC(=O)C4C5(C)CCC(O)C(C)(C)C5CCC4(C)C3(C)CCC2(C)C(O)C1. The Labute approximate surface area is 201 Å². The molecule has 0 saturated heterocycles. The van der Waals surface area contributed by atoms with Gasteiger partial charge in [0.2, 0.25) is 0 Å². The number of ketones is 1. The first-order chi connectivity index (χ1) is 15.0. The van der Waals surface area contributed by atoms with Gasteiger partial charge in [0.1, 0.15) is 5.78 Å². The van der Waals surface area contributed by atoms with Crippen molar-refractivity contribution in [2.24, 2.45) is 44.3 Å². The Hall–Kier alpha value is -0.670. The van der Waals surface area contributed by atoms with Crippen molar-refractivity contribution in [3.8, 4) is 0 Å². The number of hydrogen-bond donors (Lipinski definition) is 2. The van der Waals surface area contributed by atoms with Crippen LogP contribution < -0.4 is 0 Å². The summed E-state index contributed by atoms with van der Waals surface area (Å²) in [7, 11) is 0. The van der Waals surface area contributed by atoms with Crippen molar-refractivity contribution in [3.05, 3.63) is 11.1 Å². The molecule has 8 atom stereocenters. The number of allylic oxidation sites excluding steroid dienone is 1. The van der Waals surface area contributed by atoms with Crippen LogP contribution in [0.25, 0.3) is 0 Å². The highest BCUT2D eigenvalue weighted by molar-refractivity contribution is 5.87. The lowest BCUT2D eigenvalue weighted by Gasteiger charge is -2.70. The molecular weight excluding hydrogens is 408 g/mol. The Morgan fingerprint density at radius 1 is 0.788 bits per heavy atom. The molecule has 0 bridgehead atoms. The van der Waals surface area contributed by atoms with Crippen LogP contribution in [0, 0.1) is 44.3 Å². The fraction of sp³-hybridized carbons (Fsp3) is 0.900. The second-order valence-corrected chi connectivity index (χ2v) is 15.2. The van der Waals surface area contributed by atoms with Gasteiger partial charge in [-0.3, -0.25) is 4.79 Å². The molecule has 186 valence electrons. The molecule has 3 nitrogen and oxygen atoms in total. The molecule has 2 N–H and O–H groups in total. The van der Waals surface area contributed by atoms with Crippen LogP contribution in [0.3, 0.4) is 0 Å². The summed E-state index contributed by atoms with van der Waals surface area (Å²) in [5.41, 5.74) is 2.52. The van der Waals surface area contributed by atoms with E-state index in [9.17, 15) is 15.0 Å². The van der Waals surface area contributed by atoms with Gasteiger partial charge in [-0.1, -0.05) is 66.5 Å². The molecule has 0 aromatic carbocycles. The minimum absolute atomic E-state index is 0.0156. The number of Topliss-reactive ketones (excluding diaryl/α,β-unsaturated/α-hetero) is 1. The van der Waals surface area contributed by atoms with Crippen molar-refractivity contribution in [1.29, 1.82) is 0 Å². The number of fused-ring (bicyclic) bond motifs is 6. The molecule has 0 aromatic rings. The highest BCUT2D eigenvalue weighted by Gasteiger charge is 2.70. The zero-order valence-electron chi connectivity index (χ0n) is 22.5. The van der Waals surface area contributed by atoms with Crippen LogP contribution >= 0.6 is 0 Å². The van der Waals surface area contributed by atoms with Gasteiger partial charge in [0.15, 0.2) is 0 Å². The molecule has 4 fully saturated rings. The molecule has 0 aliphatic heterocycles. The lowest BCUT2D eigenvalue weighted by Crippen LogP contribution is -2.66. The Morgan fingerprint density at radius 2 is 1.45 bits per heavy atom. The maximum absolute atomic E-state index is 14.2.